The summed E-state index contributed by atoms with van der Waals surface area (Å²) in [6.07, 6.45) is 3.72. The quantitative estimate of drug-likeness (QED) is 0.626. The standard InChI is InChI=1S/C23H23F3N2/c1-2-22-21-9-4-3-6-18(21)12-15-28(22)27-13-10-17(11-14-27)19-7-5-8-20(16-19)23(24,25)26/h3-10,12,15-16,22H,2,11,13-14H2,1H3. The number of benzene rings is 2. The summed E-state index contributed by atoms with van der Waals surface area (Å²) in [5.41, 5.74) is 3.63. The van der Waals surface area contributed by atoms with E-state index in [1.807, 2.05) is 0 Å². The first kappa shape index (κ1) is 18.8. The van der Waals surface area contributed by atoms with E-state index in [4.69, 9.17) is 0 Å². The van der Waals surface area contributed by atoms with Crippen LogP contribution in [0.5, 0.6) is 0 Å². The summed E-state index contributed by atoms with van der Waals surface area (Å²) in [6.45, 7) is 3.65. The molecule has 0 spiro atoms. The van der Waals surface area contributed by atoms with Crippen LogP contribution in [0.4, 0.5) is 13.2 Å². The molecule has 2 aliphatic heterocycles. The molecule has 2 aromatic carbocycles. The SMILES string of the molecule is CCC1c2ccccc2C=CN1N1CC=C(c2cccc(C(F)(F)F)c2)CC1. The third-order valence-corrected chi connectivity index (χ3v) is 5.54. The van der Waals surface area contributed by atoms with E-state index >= 15 is 0 Å². The minimum Gasteiger partial charge on any atom is -0.305 e. The number of halogens is 3. The van der Waals surface area contributed by atoms with Gasteiger partial charge in [-0.05, 0) is 53.3 Å². The van der Waals surface area contributed by atoms with Gasteiger partial charge in [-0.2, -0.15) is 13.2 Å². The predicted octanol–water partition coefficient (Wildman–Crippen LogP) is 6.15. The molecule has 0 radical (unpaired) electrons. The van der Waals surface area contributed by atoms with Gasteiger partial charge in [0, 0.05) is 19.3 Å². The molecule has 4 rings (SSSR count). The fourth-order valence-corrected chi connectivity index (χ4v) is 4.09. The lowest BCUT2D eigenvalue weighted by molar-refractivity contribution is -0.137. The molecule has 0 amide bonds. The van der Waals surface area contributed by atoms with Crippen molar-refractivity contribution in [2.24, 2.45) is 0 Å². The Balaban J connectivity index is 1.53. The molecule has 1 unspecified atom stereocenters. The second-order valence-corrected chi connectivity index (χ2v) is 7.22. The maximum Gasteiger partial charge on any atom is 0.416 e. The summed E-state index contributed by atoms with van der Waals surface area (Å²) < 4.78 is 39.0. The van der Waals surface area contributed by atoms with E-state index in [9.17, 15) is 13.2 Å². The van der Waals surface area contributed by atoms with Crippen molar-refractivity contribution in [3.05, 3.63) is 83.1 Å². The Morgan fingerprint density at radius 3 is 2.61 bits per heavy atom. The van der Waals surface area contributed by atoms with Crippen LogP contribution in [0.15, 0.2) is 60.8 Å². The third-order valence-electron chi connectivity index (χ3n) is 5.54. The second-order valence-electron chi connectivity index (χ2n) is 7.22. The molecule has 0 aliphatic carbocycles. The molecule has 146 valence electrons. The molecule has 2 aromatic rings. The van der Waals surface area contributed by atoms with Crippen LogP contribution in [0.1, 0.15) is 48.1 Å². The zero-order valence-corrected chi connectivity index (χ0v) is 15.8. The van der Waals surface area contributed by atoms with E-state index in [1.165, 1.54) is 23.3 Å². The fraction of sp³-hybridized carbons (Fsp3) is 0.304. The Labute approximate surface area is 163 Å². The van der Waals surface area contributed by atoms with E-state index < -0.39 is 11.7 Å². The van der Waals surface area contributed by atoms with Crippen LogP contribution in [0.25, 0.3) is 11.6 Å². The van der Waals surface area contributed by atoms with Crippen LogP contribution in [0.3, 0.4) is 0 Å². The van der Waals surface area contributed by atoms with Gasteiger partial charge < -0.3 is 5.01 Å². The van der Waals surface area contributed by atoms with E-state index in [2.05, 4.69) is 59.6 Å². The maximum atomic E-state index is 13.0. The molecule has 0 saturated carbocycles. The summed E-state index contributed by atoms with van der Waals surface area (Å²) >= 11 is 0. The van der Waals surface area contributed by atoms with Crippen molar-refractivity contribution in [1.82, 2.24) is 10.0 Å². The Bertz CT molecular complexity index is 914. The summed E-state index contributed by atoms with van der Waals surface area (Å²) in [5.74, 6) is 0. The van der Waals surface area contributed by atoms with Gasteiger partial charge in [0.05, 0.1) is 11.6 Å². The average Bonchev–Trinajstić information content (AvgIpc) is 2.72. The van der Waals surface area contributed by atoms with Crippen molar-refractivity contribution >= 4 is 11.6 Å². The summed E-state index contributed by atoms with van der Waals surface area (Å²) in [4.78, 5) is 0. The molecule has 0 aromatic heterocycles. The Morgan fingerprint density at radius 2 is 1.89 bits per heavy atom. The second kappa shape index (κ2) is 7.47. The highest BCUT2D eigenvalue weighted by atomic mass is 19.4. The average molecular weight is 384 g/mol. The van der Waals surface area contributed by atoms with E-state index in [1.54, 1.807) is 6.07 Å². The molecule has 2 aliphatic rings. The summed E-state index contributed by atoms with van der Waals surface area (Å²) in [7, 11) is 0. The van der Waals surface area contributed by atoms with Gasteiger partial charge in [-0.1, -0.05) is 49.4 Å². The van der Waals surface area contributed by atoms with Gasteiger partial charge in [0.2, 0.25) is 0 Å². The molecule has 2 nitrogen and oxygen atoms in total. The highest BCUT2D eigenvalue weighted by Gasteiger charge is 2.31. The van der Waals surface area contributed by atoms with Crippen molar-refractivity contribution in [3.63, 3.8) is 0 Å². The van der Waals surface area contributed by atoms with Gasteiger partial charge >= 0.3 is 6.18 Å². The Kier molecular flexibility index (Phi) is 5.02. The van der Waals surface area contributed by atoms with Gasteiger partial charge in [0.25, 0.3) is 0 Å². The maximum absolute atomic E-state index is 13.0. The molecule has 0 fully saturated rings. The highest BCUT2D eigenvalue weighted by molar-refractivity contribution is 5.67. The van der Waals surface area contributed by atoms with Crippen molar-refractivity contribution in [3.8, 4) is 0 Å². The largest absolute Gasteiger partial charge is 0.416 e. The zero-order valence-electron chi connectivity index (χ0n) is 15.8. The smallest absolute Gasteiger partial charge is 0.305 e. The van der Waals surface area contributed by atoms with Crippen molar-refractivity contribution in [2.75, 3.05) is 13.1 Å². The van der Waals surface area contributed by atoms with Crippen LogP contribution >= 0.6 is 0 Å². The van der Waals surface area contributed by atoms with Crippen molar-refractivity contribution in [2.45, 2.75) is 32.0 Å². The van der Waals surface area contributed by atoms with Crippen LogP contribution in [0.2, 0.25) is 0 Å². The Morgan fingerprint density at radius 1 is 1.07 bits per heavy atom. The first-order valence-corrected chi connectivity index (χ1v) is 9.64. The molecule has 1 atom stereocenters. The number of hydrogen-bond donors (Lipinski definition) is 0. The zero-order chi connectivity index (χ0) is 19.7. The molecule has 0 saturated heterocycles. The topological polar surface area (TPSA) is 6.48 Å². The van der Waals surface area contributed by atoms with Crippen LogP contribution in [0, 0.1) is 0 Å². The predicted molar refractivity (Wildman–Crippen MR) is 106 cm³/mol. The van der Waals surface area contributed by atoms with Crippen LogP contribution in [-0.4, -0.2) is 23.1 Å². The number of alkyl halides is 3. The first-order chi connectivity index (χ1) is 13.5. The van der Waals surface area contributed by atoms with Gasteiger partial charge in [0.1, 0.15) is 0 Å². The van der Waals surface area contributed by atoms with Gasteiger partial charge in [-0.3, -0.25) is 0 Å². The monoisotopic (exact) mass is 384 g/mol. The minimum absolute atomic E-state index is 0.282. The number of nitrogens with zero attached hydrogens (tertiary/aromatic N) is 2. The van der Waals surface area contributed by atoms with Crippen molar-refractivity contribution < 1.29 is 13.2 Å². The normalized spacial score (nSPS) is 20.1. The van der Waals surface area contributed by atoms with Gasteiger partial charge in [-0.25, -0.2) is 5.01 Å². The third kappa shape index (κ3) is 3.59. The van der Waals surface area contributed by atoms with E-state index in [-0.39, 0.29) is 6.04 Å². The van der Waals surface area contributed by atoms with Gasteiger partial charge in [0.15, 0.2) is 0 Å². The van der Waals surface area contributed by atoms with E-state index in [0.717, 1.165) is 31.0 Å². The van der Waals surface area contributed by atoms with E-state index in [0.29, 0.717) is 12.1 Å². The van der Waals surface area contributed by atoms with Crippen LogP contribution < -0.4 is 0 Å². The number of rotatable bonds is 3. The summed E-state index contributed by atoms with van der Waals surface area (Å²) in [5, 5.41) is 4.56. The lowest BCUT2D eigenvalue weighted by Gasteiger charge is -2.43. The molecular formula is C23H23F3N2. The fourth-order valence-electron chi connectivity index (χ4n) is 4.09. The molecule has 5 heteroatoms. The lowest BCUT2D eigenvalue weighted by Crippen LogP contribution is -2.44. The van der Waals surface area contributed by atoms with Crippen LogP contribution in [-0.2, 0) is 6.18 Å². The first-order valence-electron chi connectivity index (χ1n) is 9.64. The lowest BCUT2D eigenvalue weighted by atomic mass is 9.95. The molecule has 2 heterocycles. The van der Waals surface area contributed by atoms with Gasteiger partial charge in [-0.15, -0.1) is 0 Å². The molecular weight excluding hydrogens is 361 g/mol. The minimum atomic E-state index is -4.31. The number of fused-ring (bicyclic) bond motifs is 1. The highest BCUT2D eigenvalue weighted by Crippen LogP contribution is 2.36. The van der Waals surface area contributed by atoms with Crippen molar-refractivity contribution in [1.29, 1.82) is 0 Å². The molecule has 28 heavy (non-hydrogen) atoms. The molecule has 0 bridgehead atoms. The number of hydrazine groups is 1. The number of hydrogen-bond acceptors (Lipinski definition) is 2. The molecule has 0 N–H and O–H groups in total. The summed E-state index contributed by atoms with van der Waals surface area (Å²) in [6, 6.07) is 14.4. The Hall–Kier alpha value is -2.53.